The first-order chi connectivity index (χ1) is 11.8. The second-order valence-corrected chi connectivity index (χ2v) is 13.6. The Kier molecular flexibility index (Phi) is 6.45. The van der Waals surface area contributed by atoms with Crippen LogP contribution in [0.4, 0.5) is 0 Å². The van der Waals surface area contributed by atoms with Crippen molar-refractivity contribution in [3.63, 3.8) is 0 Å². The number of carbonyl (C=O) groups is 1. The molecule has 4 heteroatoms. The van der Waals surface area contributed by atoms with Gasteiger partial charge in [0.25, 0.3) is 5.91 Å². The van der Waals surface area contributed by atoms with Crippen LogP contribution in [0.3, 0.4) is 0 Å². The van der Waals surface area contributed by atoms with Crippen molar-refractivity contribution in [1.82, 2.24) is 9.88 Å². The number of hydrogen-bond acceptors (Lipinski definition) is 2. The third-order valence-corrected chi connectivity index (χ3v) is 12.0. The first kappa shape index (κ1) is 19.7. The highest BCUT2D eigenvalue weighted by Crippen LogP contribution is 2.40. The molecule has 25 heavy (non-hydrogen) atoms. The Morgan fingerprint density at radius 3 is 2.16 bits per heavy atom. The molecule has 0 bridgehead atoms. The lowest BCUT2D eigenvalue weighted by Crippen LogP contribution is -2.43. The van der Waals surface area contributed by atoms with E-state index in [1.54, 1.807) is 12.4 Å². The van der Waals surface area contributed by atoms with E-state index < -0.39 is 8.07 Å². The molecule has 1 aliphatic rings. The summed E-state index contributed by atoms with van der Waals surface area (Å²) in [6.07, 6.45) is 5.62. The first-order valence-corrected chi connectivity index (χ1v) is 11.8. The van der Waals surface area contributed by atoms with Crippen LogP contribution < -0.4 is 0 Å². The van der Waals surface area contributed by atoms with Crippen molar-refractivity contribution in [2.45, 2.75) is 71.0 Å². The van der Waals surface area contributed by atoms with Gasteiger partial charge in [0.15, 0.2) is 0 Å². The number of hydrogen-bond donors (Lipinski definition) is 0. The first-order valence-electron chi connectivity index (χ1n) is 9.57. The Bertz CT molecular complexity index is 642. The summed E-state index contributed by atoms with van der Waals surface area (Å²) in [6.45, 7) is 15.6. The molecule has 1 aromatic rings. The van der Waals surface area contributed by atoms with Gasteiger partial charge >= 0.3 is 0 Å². The van der Waals surface area contributed by atoms with Crippen LogP contribution in [-0.4, -0.2) is 37.0 Å². The van der Waals surface area contributed by atoms with Crippen molar-refractivity contribution in [3.8, 4) is 11.5 Å². The maximum atomic E-state index is 12.8. The zero-order valence-electron chi connectivity index (χ0n) is 16.6. The zero-order chi connectivity index (χ0) is 18.6. The largest absolute Gasteiger partial charge is 0.339 e. The summed E-state index contributed by atoms with van der Waals surface area (Å²) in [6, 6.07) is 1.90. The molecule has 0 atom stereocenters. The summed E-state index contributed by atoms with van der Waals surface area (Å²) in [5.41, 5.74) is 6.97. The second-order valence-electron chi connectivity index (χ2n) is 8.07. The van der Waals surface area contributed by atoms with Crippen LogP contribution in [0, 0.1) is 11.5 Å². The topological polar surface area (TPSA) is 33.2 Å². The molecule has 0 saturated carbocycles. The maximum Gasteiger partial charge on any atom is 0.256 e. The Hall–Kier alpha value is -1.60. The number of pyridine rings is 1. The molecule has 0 aromatic carbocycles. The van der Waals surface area contributed by atoms with E-state index in [2.05, 4.69) is 58.0 Å². The third kappa shape index (κ3) is 3.98. The Balaban J connectivity index is 2.44. The highest BCUT2D eigenvalue weighted by molar-refractivity contribution is 6.90. The minimum absolute atomic E-state index is 0.0841. The Morgan fingerprint density at radius 2 is 1.64 bits per heavy atom. The van der Waals surface area contributed by atoms with E-state index in [-0.39, 0.29) is 5.91 Å². The monoisotopic (exact) mass is 356 g/mol. The lowest BCUT2D eigenvalue weighted by Gasteiger charge is -2.38. The third-order valence-electron chi connectivity index (χ3n) is 5.72. The van der Waals surface area contributed by atoms with Crippen LogP contribution in [0.5, 0.6) is 0 Å². The number of nitrogens with zero attached hydrogens (tertiary/aromatic N) is 2. The summed E-state index contributed by atoms with van der Waals surface area (Å²) < 4.78 is 0. The van der Waals surface area contributed by atoms with Gasteiger partial charge in [-0.3, -0.25) is 9.78 Å². The fourth-order valence-electron chi connectivity index (χ4n) is 4.37. The smallest absolute Gasteiger partial charge is 0.256 e. The second kappa shape index (κ2) is 8.18. The van der Waals surface area contributed by atoms with Crippen LogP contribution >= 0.6 is 0 Å². The molecule has 0 aliphatic carbocycles. The van der Waals surface area contributed by atoms with Crippen LogP contribution in [0.15, 0.2) is 18.5 Å². The SMILES string of the molecule is CC(C)[Si](C#Cc1ccncc1C(=O)N1CCCC1)(C(C)C)C(C)C. The van der Waals surface area contributed by atoms with Crippen molar-refractivity contribution < 1.29 is 4.79 Å². The lowest BCUT2D eigenvalue weighted by atomic mass is 10.1. The number of likely N-dealkylation sites (tertiary alicyclic amines) is 1. The van der Waals surface area contributed by atoms with Gasteiger partial charge < -0.3 is 4.90 Å². The average Bonchev–Trinajstić information content (AvgIpc) is 3.08. The minimum atomic E-state index is -1.81. The van der Waals surface area contributed by atoms with E-state index in [4.69, 9.17) is 0 Å². The van der Waals surface area contributed by atoms with E-state index in [0.717, 1.165) is 31.5 Å². The van der Waals surface area contributed by atoms with E-state index in [1.165, 1.54) is 0 Å². The molecule has 136 valence electrons. The summed E-state index contributed by atoms with van der Waals surface area (Å²) in [4.78, 5) is 18.9. The molecule has 2 rings (SSSR count). The van der Waals surface area contributed by atoms with Crippen LogP contribution in [0.1, 0.15) is 70.3 Å². The zero-order valence-corrected chi connectivity index (χ0v) is 17.6. The summed E-state index contributed by atoms with van der Waals surface area (Å²) in [7, 11) is -1.81. The fraction of sp³-hybridized carbons (Fsp3) is 0.619. The average molecular weight is 357 g/mol. The molecule has 1 fully saturated rings. The summed E-state index contributed by atoms with van der Waals surface area (Å²) in [5, 5.41) is 0. The fourth-order valence-corrected chi connectivity index (χ4v) is 9.59. The molecule has 0 unspecified atom stereocenters. The molecule has 1 saturated heterocycles. The molecule has 3 nitrogen and oxygen atoms in total. The van der Waals surface area contributed by atoms with Crippen molar-refractivity contribution in [1.29, 1.82) is 0 Å². The standard InChI is InChI=1S/C21H32N2OSi/c1-16(2)25(17(3)4,18(5)6)14-10-19-9-11-22-15-20(19)21(24)23-12-7-8-13-23/h9,11,15-18H,7-8,12-13H2,1-6H3. The van der Waals surface area contributed by atoms with E-state index in [0.29, 0.717) is 22.2 Å². The van der Waals surface area contributed by atoms with Gasteiger partial charge in [0.1, 0.15) is 8.07 Å². The van der Waals surface area contributed by atoms with Crippen LogP contribution in [0.25, 0.3) is 0 Å². The highest BCUT2D eigenvalue weighted by Gasteiger charge is 2.41. The molecule has 1 aromatic heterocycles. The molecule has 1 aliphatic heterocycles. The van der Waals surface area contributed by atoms with Gasteiger partial charge in [-0.25, -0.2) is 0 Å². The highest BCUT2D eigenvalue weighted by atomic mass is 28.3. The Labute approximate surface area is 154 Å². The van der Waals surface area contributed by atoms with Gasteiger partial charge in [0, 0.05) is 31.0 Å². The van der Waals surface area contributed by atoms with Gasteiger partial charge in [0.2, 0.25) is 0 Å². The number of rotatable bonds is 4. The quantitative estimate of drug-likeness (QED) is 0.568. The van der Waals surface area contributed by atoms with E-state index >= 15 is 0 Å². The molecule has 1 amide bonds. The molecule has 2 heterocycles. The predicted molar refractivity (Wildman–Crippen MR) is 107 cm³/mol. The van der Waals surface area contributed by atoms with Gasteiger partial charge in [-0.1, -0.05) is 47.5 Å². The molecular formula is C21H32N2OSi. The number of aromatic nitrogens is 1. The van der Waals surface area contributed by atoms with Crippen LogP contribution in [0.2, 0.25) is 16.6 Å². The lowest BCUT2D eigenvalue weighted by molar-refractivity contribution is 0.0792. The van der Waals surface area contributed by atoms with Crippen molar-refractivity contribution in [2.24, 2.45) is 0 Å². The van der Waals surface area contributed by atoms with E-state index in [1.807, 2.05) is 11.0 Å². The molecule has 0 spiro atoms. The minimum Gasteiger partial charge on any atom is -0.339 e. The van der Waals surface area contributed by atoms with Gasteiger partial charge in [-0.2, -0.15) is 0 Å². The van der Waals surface area contributed by atoms with Crippen molar-refractivity contribution in [2.75, 3.05) is 13.1 Å². The van der Waals surface area contributed by atoms with Crippen LogP contribution in [-0.2, 0) is 0 Å². The van der Waals surface area contributed by atoms with Gasteiger partial charge in [-0.05, 0) is 35.5 Å². The van der Waals surface area contributed by atoms with Gasteiger partial charge in [-0.15, -0.1) is 5.54 Å². The normalized spacial score (nSPS) is 15.0. The van der Waals surface area contributed by atoms with Crippen molar-refractivity contribution in [3.05, 3.63) is 29.6 Å². The number of amides is 1. The Morgan fingerprint density at radius 1 is 1.08 bits per heavy atom. The maximum absolute atomic E-state index is 12.8. The van der Waals surface area contributed by atoms with E-state index in [9.17, 15) is 4.79 Å². The predicted octanol–water partition coefficient (Wildman–Crippen LogP) is 4.89. The van der Waals surface area contributed by atoms with Crippen molar-refractivity contribution >= 4 is 14.0 Å². The summed E-state index contributed by atoms with van der Waals surface area (Å²) >= 11 is 0. The summed E-state index contributed by atoms with van der Waals surface area (Å²) in [5.74, 6) is 3.51. The molecule has 0 radical (unpaired) electrons. The molecule has 0 N–H and O–H groups in total. The number of carbonyl (C=O) groups excluding carboxylic acids is 1. The van der Waals surface area contributed by atoms with Gasteiger partial charge in [0.05, 0.1) is 5.56 Å². The molecular weight excluding hydrogens is 324 g/mol.